The molecule has 13 nitrogen and oxygen atoms in total. The van der Waals surface area contributed by atoms with E-state index >= 15 is 0 Å². The number of hydrogen-bond acceptors (Lipinski definition) is 14. The van der Waals surface area contributed by atoms with E-state index in [0.29, 0.717) is 15.7 Å². The van der Waals surface area contributed by atoms with E-state index in [2.05, 4.69) is 25.8 Å². The highest BCUT2D eigenvalue weighted by molar-refractivity contribution is 8.18. The van der Waals surface area contributed by atoms with Crippen molar-refractivity contribution in [2.24, 2.45) is 5.16 Å². The van der Waals surface area contributed by atoms with Crippen molar-refractivity contribution in [2.75, 3.05) is 16.2 Å². The van der Waals surface area contributed by atoms with Crippen molar-refractivity contribution in [2.45, 2.75) is 54.5 Å². The van der Waals surface area contributed by atoms with Crippen LogP contribution in [-0.2, 0) is 34.3 Å². The molecule has 2 aliphatic heterocycles. The largest absolute Gasteiger partial charge is 0.448 e. The number of ether oxygens (including phenoxy) is 2. The molecular weight excluding hydrogens is 985 g/mol. The van der Waals surface area contributed by atoms with Gasteiger partial charge < -0.3 is 19.6 Å². The van der Waals surface area contributed by atoms with E-state index in [1.54, 1.807) is 32.3 Å². The Morgan fingerprint density at radius 3 is 1.86 bits per heavy atom. The molecule has 7 aromatic rings. The summed E-state index contributed by atoms with van der Waals surface area (Å²) in [6, 6.07) is 52.1. The van der Waals surface area contributed by atoms with Crippen molar-refractivity contribution in [1.82, 2.24) is 20.2 Å². The minimum Gasteiger partial charge on any atom is -0.448 e. The van der Waals surface area contributed by atoms with Gasteiger partial charge in [0, 0.05) is 44.0 Å². The van der Waals surface area contributed by atoms with Crippen molar-refractivity contribution in [3.8, 4) is 0 Å². The molecule has 2 aliphatic rings. The zero-order valence-electron chi connectivity index (χ0n) is 39.2. The monoisotopic (exact) mass is 1030 g/mol. The van der Waals surface area contributed by atoms with Crippen molar-refractivity contribution >= 4 is 81.3 Å². The fourth-order valence-corrected chi connectivity index (χ4v) is 12.4. The van der Waals surface area contributed by atoms with Gasteiger partial charge in [-0.3, -0.25) is 19.8 Å². The zero-order chi connectivity index (χ0) is 50.1. The summed E-state index contributed by atoms with van der Waals surface area (Å²) in [6.45, 7) is 5.23. The van der Waals surface area contributed by atoms with Gasteiger partial charge in [0.2, 0.25) is 5.60 Å². The topological polar surface area (TPSA) is 161 Å². The molecule has 1 fully saturated rings. The average Bonchev–Trinajstić information content (AvgIpc) is 3.86. The van der Waals surface area contributed by atoms with E-state index in [0.717, 1.165) is 44.2 Å². The predicted octanol–water partition coefficient (Wildman–Crippen LogP) is 11.0. The summed E-state index contributed by atoms with van der Waals surface area (Å²) >= 11 is 5.42. The Morgan fingerprint density at radius 2 is 1.32 bits per heavy atom. The fraction of sp³-hybridized carbons (Fsp3) is 0.182. The van der Waals surface area contributed by atoms with Gasteiger partial charge in [-0.1, -0.05) is 175 Å². The Labute approximate surface area is 433 Å². The standard InChI is InChI=1S/C55H48N6O7S4/c1-54(2,3)67-53(65)59-52-57-41(33-70-52)44(60-68-55(38-25-13-6-14-26-38,39-27-15-7-16-28-39)40-29-17-8-18-30-40)48(62)58-45-49(63)61-46(42(34-69-50(45)61)71-35-72-43-31-19-20-32-56-43)51(64)66-47(36-21-9-4-10-22-36)37-23-11-5-12-24-37/h4-33,45,47,50H,34-35H2,1-3H3,(H,58,62)(H,57,59,65)/b60-44-/t45-,50+/m1/s1. The Morgan fingerprint density at radius 1 is 0.764 bits per heavy atom. The van der Waals surface area contributed by atoms with Gasteiger partial charge in [-0.2, -0.15) is 0 Å². The number of rotatable bonds is 17. The summed E-state index contributed by atoms with van der Waals surface area (Å²) in [5.41, 5.74) is 1.43. The number of hydrogen-bond donors (Lipinski definition) is 2. The van der Waals surface area contributed by atoms with Crippen molar-refractivity contribution in [1.29, 1.82) is 0 Å². The van der Waals surface area contributed by atoms with E-state index in [9.17, 15) is 19.2 Å². The first-order valence-electron chi connectivity index (χ1n) is 22.8. The summed E-state index contributed by atoms with van der Waals surface area (Å²) in [6.07, 6.45) is 0.213. The smallest absolute Gasteiger partial charge is 0.413 e. The number of anilines is 1. The highest BCUT2D eigenvalue weighted by atomic mass is 32.2. The normalized spacial score (nSPS) is 15.8. The second-order valence-corrected chi connectivity index (χ2v) is 21.7. The van der Waals surface area contributed by atoms with Crippen molar-refractivity contribution in [3.05, 3.63) is 226 Å². The van der Waals surface area contributed by atoms with Gasteiger partial charge in [0.25, 0.3) is 11.8 Å². The lowest BCUT2D eigenvalue weighted by Gasteiger charge is -2.49. The van der Waals surface area contributed by atoms with Gasteiger partial charge in [0.05, 0.1) is 5.03 Å². The van der Waals surface area contributed by atoms with Crippen LogP contribution < -0.4 is 10.6 Å². The van der Waals surface area contributed by atoms with Crippen LogP contribution in [0.1, 0.15) is 60.4 Å². The van der Waals surface area contributed by atoms with Crippen LogP contribution in [-0.4, -0.2) is 72.3 Å². The molecule has 0 saturated carbocycles. The molecule has 3 amide bonds. The van der Waals surface area contributed by atoms with Crippen LogP contribution in [0.4, 0.5) is 9.93 Å². The summed E-state index contributed by atoms with van der Waals surface area (Å²) in [4.78, 5) is 75.2. The van der Waals surface area contributed by atoms with Gasteiger partial charge in [0.15, 0.2) is 16.9 Å². The number of pyridine rings is 1. The molecule has 0 bridgehead atoms. The van der Waals surface area contributed by atoms with Gasteiger partial charge in [0.1, 0.15) is 28.4 Å². The van der Waals surface area contributed by atoms with Gasteiger partial charge in [-0.15, -0.1) is 34.9 Å². The molecular formula is C55H48N6O7S4. The first kappa shape index (κ1) is 49.8. The van der Waals surface area contributed by atoms with E-state index in [1.807, 2.05) is 170 Å². The number of benzene rings is 5. The molecule has 1 saturated heterocycles. The predicted molar refractivity (Wildman–Crippen MR) is 284 cm³/mol. The number of esters is 1. The molecule has 0 radical (unpaired) electrons. The van der Waals surface area contributed by atoms with Gasteiger partial charge >= 0.3 is 12.1 Å². The zero-order valence-corrected chi connectivity index (χ0v) is 42.5. The number of thioether (sulfide) groups is 3. The summed E-state index contributed by atoms with van der Waals surface area (Å²) in [5, 5.41) is 12.6. The van der Waals surface area contributed by atoms with Crippen LogP contribution in [0.5, 0.6) is 0 Å². The number of carbonyl (C=O) groups is 4. The van der Waals surface area contributed by atoms with Crippen molar-refractivity contribution in [3.63, 3.8) is 0 Å². The number of fused-ring (bicyclic) bond motifs is 1. The molecule has 9 rings (SSSR count). The first-order chi connectivity index (χ1) is 35.0. The molecule has 17 heteroatoms. The van der Waals surface area contributed by atoms with Crippen LogP contribution >= 0.6 is 46.6 Å². The lowest BCUT2D eigenvalue weighted by molar-refractivity contribution is -0.154. The van der Waals surface area contributed by atoms with E-state index in [1.165, 1.54) is 40.2 Å². The molecule has 2 N–H and O–H groups in total. The number of nitrogens with one attached hydrogen (secondary N) is 2. The van der Waals surface area contributed by atoms with E-state index in [-0.39, 0.29) is 22.2 Å². The average molecular weight is 1030 g/mol. The molecule has 2 atom stereocenters. The Bertz CT molecular complexity index is 2930. The lowest BCUT2D eigenvalue weighted by atomic mass is 9.80. The number of oxime groups is 1. The number of β-lactam (4-membered cyclic amide) rings is 1. The van der Waals surface area contributed by atoms with Crippen molar-refractivity contribution < 1.29 is 33.5 Å². The van der Waals surface area contributed by atoms with E-state index in [4.69, 9.17) is 14.3 Å². The number of amides is 3. The molecule has 0 unspecified atom stereocenters. The minimum absolute atomic E-state index is 0.0627. The maximum Gasteiger partial charge on any atom is 0.413 e. The highest BCUT2D eigenvalue weighted by Gasteiger charge is 2.55. The molecule has 5 aromatic carbocycles. The maximum atomic E-state index is 15.0. The maximum absolute atomic E-state index is 15.0. The minimum atomic E-state index is -1.38. The number of nitrogens with zero attached hydrogens (tertiary/aromatic N) is 4. The second-order valence-electron chi connectivity index (χ2n) is 17.3. The summed E-state index contributed by atoms with van der Waals surface area (Å²) in [7, 11) is 0. The summed E-state index contributed by atoms with van der Waals surface area (Å²) in [5.74, 6) is -1.62. The number of carbonyl (C=O) groups excluding carboxylic acids is 4. The third kappa shape index (κ3) is 11.3. The molecule has 0 aliphatic carbocycles. The molecule has 4 heterocycles. The Balaban J connectivity index is 1.06. The van der Waals surface area contributed by atoms with Crippen LogP contribution in [0.2, 0.25) is 0 Å². The lowest BCUT2D eigenvalue weighted by Crippen LogP contribution is -2.71. The summed E-state index contributed by atoms with van der Waals surface area (Å²) < 4.78 is 11.9. The number of aromatic nitrogens is 2. The Hall–Kier alpha value is -7.18. The SMILES string of the molecule is CC(C)(C)OC(=O)Nc1nc(/C(=N/OC(c2ccccc2)(c2ccccc2)c2ccccc2)C(=O)N[C@@H]2C(=O)N3C(C(=O)OC(c4ccccc4)c4ccccc4)=C(SCSc4ccccn4)CS[C@@H]23)cs1. The van der Waals surface area contributed by atoms with Crippen LogP contribution in [0.25, 0.3) is 0 Å². The third-order valence-corrected chi connectivity index (χ3v) is 15.7. The fourth-order valence-electron chi connectivity index (χ4n) is 8.07. The van der Waals surface area contributed by atoms with Crippen LogP contribution in [0, 0.1) is 0 Å². The third-order valence-electron chi connectivity index (χ3n) is 11.3. The molecule has 2 aromatic heterocycles. The van der Waals surface area contributed by atoms with Crippen LogP contribution in [0.15, 0.2) is 202 Å². The Kier molecular flexibility index (Phi) is 15.6. The first-order valence-corrected chi connectivity index (χ1v) is 26.7. The van der Waals surface area contributed by atoms with Gasteiger partial charge in [-0.25, -0.2) is 19.6 Å². The number of thiazole rings is 1. The van der Waals surface area contributed by atoms with E-state index < -0.39 is 52.6 Å². The molecule has 0 spiro atoms. The van der Waals surface area contributed by atoms with Crippen LogP contribution in [0.3, 0.4) is 0 Å². The van der Waals surface area contributed by atoms with Gasteiger partial charge in [-0.05, 0) is 44.0 Å². The quantitative estimate of drug-likeness (QED) is 0.0169. The second kappa shape index (κ2) is 22.5. The molecule has 72 heavy (non-hydrogen) atoms. The molecule has 364 valence electrons. The highest BCUT2D eigenvalue weighted by Crippen LogP contribution is 2.46.